The van der Waals surface area contributed by atoms with Gasteiger partial charge in [0, 0.05) is 25.2 Å². The van der Waals surface area contributed by atoms with Gasteiger partial charge in [0.1, 0.15) is 0 Å². The normalized spacial score (nSPS) is 13.7. The van der Waals surface area contributed by atoms with Gasteiger partial charge in [0.2, 0.25) is 0 Å². The van der Waals surface area contributed by atoms with Crippen LogP contribution in [0, 0.1) is 4.77 Å². The van der Waals surface area contributed by atoms with Crippen molar-refractivity contribution in [2.75, 3.05) is 0 Å². The quantitative estimate of drug-likeness (QED) is 0.721. The lowest BCUT2D eigenvalue weighted by Crippen LogP contribution is -2.32. The highest BCUT2D eigenvalue weighted by molar-refractivity contribution is 7.71. The summed E-state index contributed by atoms with van der Waals surface area (Å²) >= 11 is 5.18. The third kappa shape index (κ3) is 3.08. The van der Waals surface area contributed by atoms with Gasteiger partial charge in [-0.25, -0.2) is 0 Å². The van der Waals surface area contributed by atoms with Crippen LogP contribution in [-0.4, -0.2) is 26.4 Å². The SMILES string of the molecule is Cn1c(=S)[nH]c2cc(C(=O)N(Cc3ccccc3)C3CC3)ccc2c1=O. The molecule has 0 spiro atoms. The molecule has 1 aromatic heterocycles. The zero-order chi connectivity index (χ0) is 18.3. The highest BCUT2D eigenvalue weighted by Crippen LogP contribution is 2.30. The van der Waals surface area contributed by atoms with Crippen LogP contribution in [0.1, 0.15) is 28.8 Å². The van der Waals surface area contributed by atoms with Crippen molar-refractivity contribution in [3.63, 3.8) is 0 Å². The Kier molecular flexibility index (Phi) is 4.20. The summed E-state index contributed by atoms with van der Waals surface area (Å²) < 4.78 is 1.74. The number of carbonyl (C=O) groups excluding carboxylic acids is 1. The molecule has 26 heavy (non-hydrogen) atoms. The van der Waals surface area contributed by atoms with Crippen LogP contribution in [0.15, 0.2) is 53.3 Å². The van der Waals surface area contributed by atoms with Crippen LogP contribution in [0.2, 0.25) is 0 Å². The summed E-state index contributed by atoms with van der Waals surface area (Å²) in [5, 5.41) is 0.527. The van der Waals surface area contributed by atoms with Gasteiger partial charge in [-0.2, -0.15) is 0 Å². The molecule has 0 radical (unpaired) electrons. The maximum absolute atomic E-state index is 13.1. The third-order valence-electron chi connectivity index (χ3n) is 4.79. The summed E-state index contributed by atoms with van der Waals surface area (Å²) in [5.41, 5.74) is 2.12. The average molecular weight is 365 g/mol. The molecule has 1 N–H and O–H groups in total. The Labute approximate surface area is 155 Å². The first kappa shape index (κ1) is 16.7. The van der Waals surface area contributed by atoms with Gasteiger partial charge in [0.15, 0.2) is 4.77 Å². The van der Waals surface area contributed by atoms with Gasteiger partial charge in [-0.1, -0.05) is 30.3 Å². The van der Waals surface area contributed by atoms with Gasteiger partial charge in [-0.3, -0.25) is 14.2 Å². The van der Waals surface area contributed by atoms with Gasteiger partial charge in [-0.05, 0) is 48.8 Å². The average Bonchev–Trinajstić information content (AvgIpc) is 3.49. The van der Waals surface area contributed by atoms with Crippen LogP contribution in [0.5, 0.6) is 0 Å². The van der Waals surface area contributed by atoms with E-state index in [0.29, 0.717) is 33.8 Å². The fourth-order valence-corrected chi connectivity index (χ4v) is 3.33. The third-order valence-corrected chi connectivity index (χ3v) is 5.17. The van der Waals surface area contributed by atoms with Gasteiger partial charge in [0.05, 0.1) is 10.9 Å². The Morgan fingerprint density at radius 1 is 1.23 bits per heavy atom. The molecule has 1 heterocycles. The lowest BCUT2D eigenvalue weighted by molar-refractivity contribution is 0.0730. The van der Waals surface area contributed by atoms with Crippen molar-refractivity contribution in [3.8, 4) is 0 Å². The molecular weight excluding hydrogens is 346 g/mol. The topological polar surface area (TPSA) is 58.1 Å². The number of nitrogens with one attached hydrogen (secondary N) is 1. The number of hydrogen-bond acceptors (Lipinski definition) is 3. The number of aromatic nitrogens is 2. The molecule has 6 heteroatoms. The first-order chi connectivity index (χ1) is 12.5. The van der Waals surface area contributed by atoms with Crippen molar-refractivity contribution >= 4 is 29.0 Å². The predicted molar refractivity (Wildman–Crippen MR) is 104 cm³/mol. The van der Waals surface area contributed by atoms with Crippen LogP contribution in [0.4, 0.5) is 0 Å². The van der Waals surface area contributed by atoms with Crippen LogP contribution in [0.3, 0.4) is 0 Å². The molecule has 0 unspecified atom stereocenters. The van der Waals surface area contributed by atoms with Gasteiger partial charge >= 0.3 is 0 Å². The summed E-state index contributed by atoms with van der Waals surface area (Å²) in [6, 6.07) is 15.4. The molecule has 132 valence electrons. The molecule has 2 aromatic carbocycles. The number of H-pyrrole nitrogens is 1. The second kappa shape index (κ2) is 6.53. The van der Waals surface area contributed by atoms with E-state index in [1.165, 1.54) is 4.57 Å². The van der Waals surface area contributed by atoms with Gasteiger partial charge in [-0.15, -0.1) is 0 Å². The summed E-state index contributed by atoms with van der Waals surface area (Å²) in [6.07, 6.45) is 2.07. The molecule has 5 nitrogen and oxygen atoms in total. The largest absolute Gasteiger partial charge is 0.332 e. The van der Waals surface area contributed by atoms with E-state index < -0.39 is 0 Å². The van der Waals surface area contributed by atoms with Crippen molar-refractivity contribution in [1.29, 1.82) is 0 Å². The van der Waals surface area contributed by atoms with E-state index >= 15 is 0 Å². The summed E-state index contributed by atoms with van der Waals surface area (Å²) in [5.74, 6) is -0.0155. The maximum atomic E-state index is 13.1. The maximum Gasteiger partial charge on any atom is 0.261 e. The Hall–Kier alpha value is -2.73. The van der Waals surface area contributed by atoms with E-state index in [-0.39, 0.29) is 11.5 Å². The smallest absolute Gasteiger partial charge is 0.261 e. The zero-order valence-electron chi connectivity index (χ0n) is 14.4. The molecule has 4 rings (SSSR count). The van der Waals surface area contributed by atoms with E-state index in [1.54, 1.807) is 25.2 Å². The molecular formula is C20H19N3O2S. The van der Waals surface area contributed by atoms with E-state index in [9.17, 15) is 9.59 Å². The number of nitrogens with zero attached hydrogens (tertiary/aromatic N) is 2. The molecule has 0 aliphatic heterocycles. The molecule has 1 saturated carbocycles. The first-order valence-corrected chi connectivity index (χ1v) is 9.03. The van der Waals surface area contributed by atoms with Gasteiger partial charge < -0.3 is 9.88 Å². The number of rotatable bonds is 4. The predicted octanol–water partition coefficient (Wildman–Crippen LogP) is 3.40. The molecule has 1 amide bonds. The molecule has 3 aromatic rings. The molecule has 1 aliphatic rings. The summed E-state index contributed by atoms with van der Waals surface area (Å²) in [4.78, 5) is 30.4. The molecule has 1 aliphatic carbocycles. The second-order valence-corrected chi connectivity index (χ2v) is 7.09. The second-order valence-electron chi connectivity index (χ2n) is 6.70. The first-order valence-electron chi connectivity index (χ1n) is 8.62. The summed E-state index contributed by atoms with van der Waals surface area (Å²) in [6.45, 7) is 0.592. The zero-order valence-corrected chi connectivity index (χ0v) is 15.3. The number of hydrogen-bond donors (Lipinski definition) is 1. The fraction of sp³-hybridized carbons (Fsp3) is 0.250. The highest BCUT2D eigenvalue weighted by Gasteiger charge is 2.33. The van der Waals surface area contributed by atoms with Crippen molar-refractivity contribution in [2.24, 2.45) is 7.05 Å². The standard InChI is InChI=1S/C20H19N3O2S/c1-22-19(25)16-10-7-14(11-17(16)21-20(22)26)18(24)23(15-8-9-15)12-13-5-3-2-4-6-13/h2-7,10-11,15H,8-9,12H2,1H3,(H,21,26). The van der Waals surface area contributed by atoms with E-state index in [2.05, 4.69) is 4.98 Å². The van der Waals surface area contributed by atoms with E-state index in [4.69, 9.17) is 12.2 Å². The summed E-state index contributed by atoms with van der Waals surface area (Å²) in [7, 11) is 1.63. The van der Waals surface area contributed by atoms with Crippen LogP contribution in [0.25, 0.3) is 10.9 Å². The van der Waals surface area contributed by atoms with E-state index in [1.807, 2.05) is 35.2 Å². The highest BCUT2D eigenvalue weighted by atomic mass is 32.1. The van der Waals surface area contributed by atoms with Crippen LogP contribution < -0.4 is 5.56 Å². The Bertz CT molecular complexity index is 1100. The number of carbonyl (C=O) groups is 1. The van der Waals surface area contributed by atoms with Gasteiger partial charge in [0.25, 0.3) is 11.5 Å². The number of amides is 1. The van der Waals surface area contributed by atoms with Crippen LogP contribution in [-0.2, 0) is 13.6 Å². The minimum atomic E-state index is -0.161. The lowest BCUT2D eigenvalue weighted by Gasteiger charge is -2.23. The van der Waals surface area contributed by atoms with Crippen LogP contribution >= 0.6 is 12.2 Å². The Balaban J connectivity index is 1.71. The monoisotopic (exact) mass is 365 g/mol. The lowest BCUT2D eigenvalue weighted by atomic mass is 10.1. The Morgan fingerprint density at radius 3 is 2.65 bits per heavy atom. The van der Waals surface area contributed by atoms with Crippen molar-refractivity contribution in [1.82, 2.24) is 14.5 Å². The molecule has 1 fully saturated rings. The minimum absolute atomic E-state index is 0.0155. The van der Waals surface area contributed by atoms with Crippen molar-refractivity contribution in [3.05, 3.63) is 74.8 Å². The molecule has 0 bridgehead atoms. The molecule has 0 saturated heterocycles. The minimum Gasteiger partial charge on any atom is -0.332 e. The number of benzene rings is 2. The molecule has 0 atom stereocenters. The van der Waals surface area contributed by atoms with Crippen molar-refractivity contribution < 1.29 is 4.79 Å². The number of fused-ring (bicyclic) bond motifs is 1. The van der Waals surface area contributed by atoms with Crippen molar-refractivity contribution in [2.45, 2.75) is 25.4 Å². The van der Waals surface area contributed by atoms with E-state index in [0.717, 1.165) is 18.4 Å². The number of aromatic amines is 1. The Morgan fingerprint density at radius 2 is 1.96 bits per heavy atom. The fourth-order valence-electron chi connectivity index (χ4n) is 3.14.